The molecule has 3 rings (SSSR count). The third-order valence-electron chi connectivity index (χ3n) is 4.76. The van der Waals surface area contributed by atoms with Crippen LogP contribution < -0.4 is 15.4 Å². The van der Waals surface area contributed by atoms with E-state index in [1.807, 2.05) is 67.3 Å². The molecule has 6 heteroatoms. The van der Waals surface area contributed by atoms with Gasteiger partial charge in [0.15, 0.2) is 0 Å². The van der Waals surface area contributed by atoms with Crippen LogP contribution in [-0.2, 0) is 11.3 Å². The average molecular weight is 396 g/mol. The molecule has 1 heterocycles. The highest BCUT2D eigenvalue weighted by Gasteiger charge is 2.19. The van der Waals surface area contributed by atoms with Crippen LogP contribution in [-0.4, -0.2) is 42.5 Å². The minimum Gasteiger partial charge on any atom is -0.491 e. The van der Waals surface area contributed by atoms with Crippen molar-refractivity contribution in [3.8, 4) is 5.75 Å². The summed E-state index contributed by atoms with van der Waals surface area (Å²) in [6.45, 7) is 6.29. The van der Waals surface area contributed by atoms with Crippen LogP contribution in [0.25, 0.3) is 0 Å². The molecular weight excluding hydrogens is 366 g/mol. The fourth-order valence-corrected chi connectivity index (χ4v) is 3.24. The Kier molecular flexibility index (Phi) is 7.11. The Bertz CT molecular complexity index is 810. The number of anilines is 1. The molecule has 2 amide bonds. The predicted molar refractivity (Wildman–Crippen MR) is 114 cm³/mol. The Balaban J connectivity index is 1.41. The lowest BCUT2D eigenvalue weighted by Crippen LogP contribution is -2.29. The average Bonchev–Trinajstić information content (AvgIpc) is 3.26. The fourth-order valence-electron chi connectivity index (χ4n) is 3.24. The van der Waals surface area contributed by atoms with Gasteiger partial charge in [0.1, 0.15) is 5.75 Å². The van der Waals surface area contributed by atoms with Crippen molar-refractivity contribution in [1.29, 1.82) is 0 Å². The van der Waals surface area contributed by atoms with Gasteiger partial charge in [0, 0.05) is 30.9 Å². The van der Waals surface area contributed by atoms with Crippen LogP contribution in [0.3, 0.4) is 0 Å². The minimum absolute atomic E-state index is 0.0802. The van der Waals surface area contributed by atoms with Crippen LogP contribution >= 0.6 is 0 Å². The maximum atomic E-state index is 12.4. The van der Waals surface area contributed by atoms with Crippen molar-refractivity contribution >= 4 is 17.5 Å². The molecule has 6 nitrogen and oxygen atoms in total. The van der Waals surface area contributed by atoms with Crippen molar-refractivity contribution in [2.75, 3.05) is 25.0 Å². The van der Waals surface area contributed by atoms with Crippen LogP contribution in [0.5, 0.6) is 5.75 Å². The summed E-state index contributed by atoms with van der Waals surface area (Å²) in [6.07, 6.45) is 2.30. The van der Waals surface area contributed by atoms with Crippen LogP contribution in [0, 0.1) is 0 Å². The van der Waals surface area contributed by atoms with Crippen molar-refractivity contribution in [2.45, 2.75) is 39.3 Å². The van der Waals surface area contributed by atoms with Crippen molar-refractivity contribution in [1.82, 2.24) is 10.2 Å². The van der Waals surface area contributed by atoms with Gasteiger partial charge in [0.05, 0.1) is 12.6 Å². The van der Waals surface area contributed by atoms with E-state index in [1.165, 1.54) is 0 Å². The van der Waals surface area contributed by atoms with Crippen LogP contribution in [0.15, 0.2) is 48.5 Å². The highest BCUT2D eigenvalue weighted by molar-refractivity contribution is 5.94. The zero-order valence-electron chi connectivity index (χ0n) is 17.1. The molecule has 0 bridgehead atoms. The summed E-state index contributed by atoms with van der Waals surface area (Å²) in [4.78, 5) is 26.3. The molecule has 2 aromatic rings. The van der Waals surface area contributed by atoms with E-state index in [4.69, 9.17) is 4.74 Å². The van der Waals surface area contributed by atoms with E-state index in [9.17, 15) is 9.59 Å². The van der Waals surface area contributed by atoms with Crippen molar-refractivity contribution in [3.05, 3.63) is 59.7 Å². The van der Waals surface area contributed by atoms with Gasteiger partial charge in [-0.05, 0) is 68.7 Å². The molecule has 1 aliphatic heterocycles. The molecule has 1 fully saturated rings. The molecule has 1 aliphatic rings. The lowest BCUT2D eigenvalue weighted by Gasteiger charge is -2.15. The van der Waals surface area contributed by atoms with E-state index in [0.29, 0.717) is 12.1 Å². The first-order chi connectivity index (χ1) is 14.0. The summed E-state index contributed by atoms with van der Waals surface area (Å²) in [5, 5.41) is 5.98. The highest BCUT2D eigenvalue weighted by Crippen LogP contribution is 2.16. The number of carbonyl (C=O) groups is 2. The van der Waals surface area contributed by atoms with E-state index in [1.54, 1.807) is 0 Å². The van der Waals surface area contributed by atoms with E-state index in [2.05, 4.69) is 10.6 Å². The maximum Gasteiger partial charge on any atom is 0.253 e. The molecule has 2 aromatic carbocycles. The Labute approximate surface area is 172 Å². The zero-order chi connectivity index (χ0) is 20.6. The van der Waals surface area contributed by atoms with Gasteiger partial charge >= 0.3 is 0 Å². The number of hydrogen-bond donors (Lipinski definition) is 2. The number of amides is 2. The molecule has 2 N–H and O–H groups in total. The molecule has 0 saturated carbocycles. The number of carbonyl (C=O) groups excluding carboxylic acids is 2. The largest absolute Gasteiger partial charge is 0.491 e. The smallest absolute Gasteiger partial charge is 0.253 e. The molecule has 0 aromatic heterocycles. The first kappa shape index (κ1) is 20.7. The second-order valence-electron chi connectivity index (χ2n) is 7.52. The van der Waals surface area contributed by atoms with Gasteiger partial charge in [-0.25, -0.2) is 0 Å². The van der Waals surface area contributed by atoms with Gasteiger partial charge < -0.3 is 20.3 Å². The topological polar surface area (TPSA) is 70.7 Å². The number of nitrogens with one attached hydrogen (secondary N) is 2. The summed E-state index contributed by atoms with van der Waals surface area (Å²) >= 11 is 0. The van der Waals surface area contributed by atoms with Crippen molar-refractivity contribution < 1.29 is 14.3 Å². The molecule has 0 unspecified atom stereocenters. The number of benzene rings is 2. The summed E-state index contributed by atoms with van der Waals surface area (Å²) in [5.41, 5.74) is 2.51. The number of likely N-dealkylation sites (tertiary alicyclic amines) is 1. The SMILES string of the molecule is CC(C)Oc1ccc(CNC(=O)CNc2ccc(C(=O)N3CCCC3)cc2)cc1. The molecule has 29 heavy (non-hydrogen) atoms. The minimum atomic E-state index is -0.0928. The van der Waals surface area contributed by atoms with E-state index >= 15 is 0 Å². The number of nitrogens with zero attached hydrogens (tertiary/aromatic N) is 1. The maximum absolute atomic E-state index is 12.4. The van der Waals surface area contributed by atoms with Crippen molar-refractivity contribution in [3.63, 3.8) is 0 Å². The summed E-state index contributed by atoms with van der Waals surface area (Å²) < 4.78 is 5.61. The Morgan fingerprint density at radius 3 is 2.28 bits per heavy atom. The molecule has 0 aliphatic carbocycles. The molecule has 0 radical (unpaired) electrons. The van der Waals surface area contributed by atoms with Gasteiger partial charge in [-0.15, -0.1) is 0 Å². The Morgan fingerprint density at radius 1 is 1.00 bits per heavy atom. The monoisotopic (exact) mass is 395 g/mol. The number of hydrogen-bond acceptors (Lipinski definition) is 4. The van der Waals surface area contributed by atoms with Crippen LogP contribution in [0.2, 0.25) is 0 Å². The Morgan fingerprint density at radius 2 is 1.66 bits per heavy atom. The van der Waals surface area contributed by atoms with Gasteiger partial charge in [-0.3, -0.25) is 9.59 Å². The quantitative estimate of drug-likeness (QED) is 0.718. The molecule has 154 valence electrons. The first-order valence-corrected chi connectivity index (χ1v) is 10.2. The van der Waals surface area contributed by atoms with Crippen LogP contribution in [0.4, 0.5) is 5.69 Å². The van der Waals surface area contributed by atoms with E-state index < -0.39 is 0 Å². The molecule has 0 spiro atoms. The van der Waals surface area contributed by atoms with Crippen molar-refractivity contribution in [2.24, 2.45) is 0 Å². The van der Waals surface area contributed by atoms with Gasteiger partial charge in [0.2, 0.25) is 5.91 Å². The van der Waals surface area contributed by atoms with E-state index in [0.717, 1.165) is 42.9 Å². The summed E-state index contributed by atoms with van der Waals surface area (Å²) in [5.74, 6) is 0.810. The lowest BCUT2D eigenvalue weighted by atomic mass is 10.2. The van der Waals surface area contributed by atoms with Crippen LogP contribution in [0.1, 0.15) is 42.6 Å². The third kappa shape index (κ3) is 6.24. The second kappa shape index (κ2) is 9.96. The predicted octanol–water partition coefficient (Wildman–Crippen LogP) is 3.44. The highest BCUT2D eigenvalue weighted by atomic mass is 16.5. The van der Waals surface area contributed by atoms with Gasteiger partial charge in [-0.2, -0.15) is 0 Å². The molecule has 1 saturated heterocycles. The normalized spacial score (nSPS) is 13.4. The molecular formula is C23H29N3O3. The number of ether oxygens (including phenoxy) is 1. The lowest BCUT2D eigenvalue weighted by molar-refractivity contribution is -0.119. The molecule has 0 atom stereocenters. The summed E-state index contributed by atoms with van der Waals surface area (Å²) in [6, 6.07) is 15.0. The standard InChI is InChI=1S/C23H29N3O3/c1-17(2)29-21-11-5-18(6-12-21)15-25-22(27)16-24-20-9-7-19(8-10-20)23(28)26-13-3-4-14-26/h5-12,17,24H,3-4,13-16H2,1-2H3,(H,25,27). The zero-order valence-corrected chi connectivity index (χ0v) is 17.1. The van der Waals surface area contributed by atoms with E-state index in [-0.39, 0.29) is 24.5 Å². The fraction of sp³-hybridized carbons (Fsp3) is 0.391. The second-order valence-corrected chi connectivity index (χ2v) is 7.52. The Hall–Kier alpha value is -3.02. The first-order valence-electron chi connectivity index (χ1n) is 10.2. The third-order valence-corrected chi connectivity index (χ3v) is 4.76. The number of rotatable bonds is 8. The van der Waals surface area contributed by atoms with Gasteiger partial charge in [-0.1, -0.05) is 12.1 Å². The summed E-state index contributed by atoms with van der Waals surface area (Å²) in [7, 11) is 0. The van der Waals surface area contributed by atoms with Gasteiger partial charge in [0.25, 0.3) is 5.91 Å².